The normalized spacial score (nSPS) is 18.4. The minimum Gasteiger partial charge on any atom is -0.391 e. The van der Waals surface area contributed by atoms with Crippen LogP contribution in [0.4, 0.5) is 4.39 Å². The predicted octanol–water partition coefficient (Wildman–Crippen LogP) is 1.25. The second kappa shape index (κ2) is 9.52. The number of hydrogen-bond acceptors (Lipinski definition) is 4. The minimum absolute atomic E-state index is 0. The molecule has 0 aromatic heterocycles. The summed E-state index contributed by atoms with van der Waals surface area (Å²) in [6.07, 6.45) is 0.277. The summed E-state index contributed by atoms with van der Waals surface area (Å²) in [5.74, 6) is -0.432. The van der Waals surface area contributed by atoms with Gasteiger partial charge in [-0.3, -0.25) is 4.99 Å². The molecule has 9 heteroatoms. The number of aliphatic hydroxyl groups excluding tert-OH is 1. The molecule has 0 spiro atoms. The maximum Gasteiger partial charge on any atom is 0.194 e. The van der Waals surface area contributed by atoms with E-state index in [2.05, 4.69) is 10.3 Å². The van der Waals surface area contributed by atoms with Crippen LogP contribution in [0, 0.1) is 5.82 Å². The monoisotopic (exact) mass is 471 g/mol. The van der Waals surface area contributed by atoms with Gasteiger partial charge in [-0.25, -0.2) is 12.8 Å². The van der Waals surface area contributed by atoms with Gasteiger partial charge >= 0.3 is 0 Å². The first kappa shape index (κ1) is 21.1. The Morgan fingerprint density at radius 2 is 2.17 bits per heavy atom. The molecule has 0 saturated carbocycles. The Morgan fingerprint density at radius 3 is 2.75 bits per heavy atom. The van der Waals surface area contributed by atoms with E-state index in [1.165, 1.54) is 18.2 Å². The molecular formula is C15H23FIN3O3S. The van der Waals surface area contributed by atoms with Crippen molar-refractivity contribution in [2.45, 2.75) is 24.3 Å². The number of rotatable bonds is 5. The second-order valence-electron chi connectivity index (χ2n) is 5.37. The molecule has 0 unspecified atom stereocenters. The standard InChI is InChI=1S/C15H22FN3O3S.HI/c1-2-17-15(19-9-7-12(20)11-19)18-8-10-23(21,22)14-6-4-3-5-13(14)16;/h3-6,12,20H,2,7-11H2,1H3,(H,17,18);1H/t12-;/m1./s1. The maximum absolute atomic E-state index is 13.6. The number of hydrogen-bond donors (Lipinski definition) is 2. The molecule has 1 heterocycles. The van der Waals surface area contributed by atoms with Crippen LogP contribution in [0.1, 0.15) is 13.3 Å². The first-order valence-electron chi connectivity index (χ1n) is 7.62. The van der Waals surface area contributed by atoms with Gasteiger partial charge in [0.15, 0.2) is 15.8 Å². The summed E-state index contributed by atoms with van der Waals surface area (Å²) in [7, 11) is -3.71. The molecule has 1 aliphatic heterocycles. The van der Waals surface area contributed by atoms with Gasteiger partial charge in [0, 0.05) is 19.6 Å². The third kappa shape index (κ3) is 5.55. The van der Waals surface area contributed by atoms with Crippen molar-refractivity contribution in [1.29, 1.82) is 0 Å². The van der Waals surface area contributed by atoms with Crippen molar-refractivity contribution in [2.75, 3.05) is 31.9 Å². The number of nitrogens with one attached hydrogen (secondary N) is 1. The van der Waals surface area contributed by atoms with E-state index in [0.717, 1.165) is 6.07 Å². The summed E-state index contributed by atoms with van der Waals surface area (Å²) in [6, 6.07) is 5.34. The molecule has 0 amide bonds. The lowest BCUT2D eigenvalue weighted by molar-refractivity contribution is 0.188. The van der Waals surface area contributed by atoms with Crippen LogP contribution in [-0.4, -0.2) is 62.4 Å². The van der Waals surface area contributed by atoms with Gasteiger partial charge in [0.2, 0.25) is 0 Å². The summed E-state index contributed by atoms with van der Waals surface area (Å²) in [4.78, 5) is 5.89. The van der Waals surface area contributed by atoms with E-state index in [1.54, 1.807) is 0 Å². The average molecular weight is 471 g/mol. The molecule has 0 bridgehead atoms. The average Bonchev–Trinajstić information content (AvgIpc) is 2.93. The van der Waals surface area contributed by atoms with Crippen LogP contribution in [0.25, 0.3) is 0 Å². The van der Waals surface area contributed by atoms with Crippen LogP contribution in [0.3, 0.4) is 0 Å². The number of benzene rings is 1. The summed E-state index contributed by atoms with van der Waals surface area (Å²) < 4.78 is 38.0. The number of aliphatic hydroxyl groups is 1. The smallest absolute Gasteiger partial charge is 0.194 e. The van der Waals surface area contributed by atoms with Crippen molar-refractivity contribution >= 4 is 39.8 Å². The van der Waals surface area contributed by atoms with Crippen molar-refractivity contribution in [1.82, 2.24) is 10.2 Å². The fourth-order valence-electron chi connectivity index (χ4n) is 2.44. The molecule has 1 atom stereocenters. The molecule has 0 radical (unpaired) electrons. The van der Waals surface area contributed by atoms with Crippen molar-refractivity contribution in [3.05, 3.63) is 30.1 Å². The van der Waals surface area contributed by atoms with Gasteiger partial charge < -0.3 is 15.3 Å². The Kier molecular flexibility index (Phi) is 8.37. The molecule has 136 valence electrons. The summed E-state index contributed by atoms with van der Waals surface area (Å²) >= 11 is 0. The highest BCUT2D eigenvalue weighted by Crippen LogP contribution is 2.15. The van der Waals surface area contributed by atoms with Crippen molar-refractivity contribution in [3.63, 3.8) is 0 Å². The quantitative estimate of drug-likeness (QED) is 0.384. The molecule has 2 N–H and O–H groups in total. The van der Waals surface area contributed by atoms with E-state index in [0.29, 0.717) is 32.0 Å². The number of nitrogens with zero attached hydrogens (tertiary/aromatic N) is 2. The first-order valence-corrected chi connectivity index (χ1v) is 9.28. The highest BCUT2D eigenvalue weighted by Gasteiger charge is 2.23. The summed E-state index contributed by atoms with van der Waals surface area (Å²) in [5.41, 5.74) is 0. The number of guanidine groups is 1. The van der Waals surface area contributed by atoms with E-state index in [-0.39, 0.29) is 47.3 Å². The molecule has 24 heavy (non-hydrogen) atoms. The van der Waals surface area contributed by atoms with E-state index >= 15 is 0 Å². The lowest BCUT2D eigenvalue weighted by Crippen LogP contribution is -2.40. The van der Waals surface area contributed by atoms with E-state index in [4.69, 9.17) is 0 Å². The number of sulfone groups is 1. The van der Waals surface area contributed by atoms with E-state index < -0.39 is 15.7 Å². The van der Waals surface area contributed by atoms with Gasteiger partial charge in [-0.05, 0) is 25.5 Å². The predicted molar refractivity (Wildman–Crippen MR) is 102 cm³/mol. The Morgan fingerprint density at radius 1 is 1.46 bits per heavy atom. The molecule has 6 nitrogen and oxygen atoms in total. The zero-order valence-corrected chi connectivity index (χ0v) is 16.6. The van der Waals surface area contributed by atoms with Crippen LogP contribution in [0.15, 0.2) is 34.2 Å². The SMILES string of the molecule is CCNC(=NCCS(=O)(=O)c1ccccc1F)N1CC[C@@H](O)C1.I. The van der Waals surface area contributed by atoms with Crippen molar-refractivity contribution < 1.29 is 17.9 Å². The van der Waals surface area contributed by atoms with Crippen LogP contribution < -0.4 is 5.32 Å². The van der Waals surface area contributed by atoms with Gasteiger partial charge in [0.1, 0.15) is 10.7 Å². The number of likely N-dealkylation sites (tertiary alicyclic amines) is 1. The zero-order chi connectivity index (χ0) is 16.9. The molecule has 2 rings (SSSR count). The number of aliphatic imine (C=N–C) groups is 1. The zero-order valence-electron chi connectivity index (χ0n) is 13.5. The molecule has 1 fully saturated rings. The third-order valence-corrected chi connectivity index (χ3v) is 5.31. The summed E-state index contributed by atoms with van der Waals surface area (Å²) in [5, 5.41) is 12.7. The van der Waals surface area contributed by atoms with Crippen molar-refractivity contribution in [3.8, 4) is 0 Å². The topological polar surface area (TPSA) is 82.0 Å². The highest BCUT2D eigenvalue weighted by molar-refractivity contribution is 14.0. The van der Waals surface area contributed by atoms with E-state index in [1.807, 2.05) is 11.8 Å². The van der Waals surface area contributed by atoms with Gasteiger partial charge in [-0.2, -0.15) is 0 Å². The Hall–Kier alpha value is -0.940. The lowest BCUT2D eigenvalue weighted by atomic mass is 10.3. The largest absolute Gasteiger partial charge is 0.391 e. The van der Waals surface area contributed by atoms with Gasteiger partial charge in [-0.1, -0.05) is 12.1 Å². The van der Waals surface area contributed by atoms with Crippen LogP contribution in [-0.2, 0) is 9.84 Å². The summed E-state index contributed by atoms with van der Waals surface area (Å²) in [6.45, 7) is 3.74. The second-order valence-corrected chi connectivity index (χ2v) is 7.45. The van der Waals surface area contributed by atoms with Gasteiger partial charge in [-0.15, -0.1) is 24.0 Å². The van der Waals surface area contributed by atoms with Crippen molar-refractivity contribution in [2.24, 2.45) is 4.99 Å². The fourth-order valence-corrected chi connectivity index (χ4v) is 3.64. The number of β-amino-alcohol motifs (C(OH)–C–C–N with tert-alkyl or cyclic N) is 1. The Labute approximate surface area is 159 Å². The van der Waals surface area contributed by atoms with Crippen LogP contribution in [0.5, 0.6) is 0 Å². The van der Waals surface area contributed by atoms with Gasteiger partial charge in [0.05, 0.1) is 18.4 Å². The number of halogens is 2. The molecule has 0 aliphatic carbocycles. The van der Waals surface area contributed by atoms with Gasteiger partial charge in [0.25, 0.3) is 0 Å². The molecular weight excluding hydrogens is 448 g/mol. The van der Waals surface area contributed by atoms with E-state index in [9.17, 15) is 17.9 Å². The maximum atomic E-state index is 13.6. The Balaban J connectivity index is 0.00000288. The Bertz CT molecular complexity index is 670. The highest BCUT2D eigenvalue weighted by atomic mass is 127. The van der Waals surface area contributed by atoms with Crippen LogP contribution in [0.2, 0.25) is 0 Å². The van der Waals surface area contributed by atoms with Crippen LogP contribution >= 0.6 is 24.0 Å². The molecule has 1 aliphatic rings. The fraction of sp³-hybridized carbons (Fsp3) is 0.533. The minimum atomic E-state index is -3.71. The lowest BCUT2D eigenvalue weighted by Gasteiger charge is -2.20. The molecule has 1 aromatic carbocycles. The third-order valence-electron chi connectivity index (χ3n) is 3.59. The first-order chi connectivity index (χ1) is 10.9. The molecule has 1 aromatic rings. The molecule has 1 saturated heterocycles.